The van der Waals surface area contributed by atoms with Crippen LogP contribution in [0.15, 0.2) is 31.8 Å². The van der Waals surface area contributed by atoms with Gasteiger partial charge >= 0.3 is 11.4 Å². The van der Waals surface area contributed by atoms with Crippen LogP contribution in [0.5, 0.6) is 0 Å². The molecule has 0 aliphatic carbocycles. The van der Waals surface area contributed by atoms with Crippen molar-refractivity contribution in [2.75, 3.05) is 0 Å². The quantitative estimate of drug-likeness (QED) is 0.284. The van der Waals surface area contributed by atoms with Crippen LogP contribution in [0.4, 0.5) is 0 Å². The van der Waals surface area contributed by atoms with Crippen molar-refractivity contribution >= 4 is 22.3 Å². The van der Waals surface area contributed by atoms with Crippen molar-refractivity contribution in [2.45, 2.75) is 64.5 Å². The van der Waals surface area contributed by atoms with Gasteiger partial charge in [-0.3, -0.25) is 27.9 Å². The van der Waals surface area contributed by atoms with Gasteiger partial charge in [0.2, 0.25) is 0 Å². The lowest BCUT2D eigenvalue weighted by atomic mass is 10.1. The van der Waals surface area contributed by atoms with Gasteiger partial charge in [-0.25, -0.2) is 19.6 Å². The zero-order valence-electron chi connectivity index (χ0n) is 21.4. The summed E-state index contributed by atoms with van der Waals surface area (Å²) < 4.78 is 8.76. The summed E-state index contributed by atoms with van der Waals surface area (Å²) in [5, 5.41) is 0. The molecule has 4 aromatic rings. The highest BCUT2D eigenvalue weighted by Gasteiger charge is 2.15. The third-order valence-corrected chi connectivity index (χ3v) is 6.98. The third kappa shape index (κ3) is 4.59. The molecule has 0 bridgehead atoms. The Hall–Kier alpha value is -3.70. The van der Waals surface area contributed by atoms with E-state index in [1.165, 1.54) is 23.2 Å². The van der Waals surface area contributed by atoms with E-state index < -0.39 is 0 Å². The number of rotatable bonds is 11. The summed E-state index contributed by atoms with van der Waals surface area (Å²) in [6, 6.07) is 0. The fourth-order valence-electron chi connectivity index (χ4n) is 4.76. The van der Waals surface area contributed by atoms with E-state index in [0.717, 1.165) is 60.5 Å². The molecule has 0 aliphatic rings. The number of hydrogen-bond acceptors (Lipinski definition) is 6. The summed E-state index contributed by atoms with van der Waals surface area (Å²) in [4.78, 5) is 57.6. The Labute approximate surface area is 207 Å². The molecule has 0 spiro atoms. The molecule has 0 unspecified atom stereocenters. The number of imidazole rings is 2. The van der Waals surface area contributed by atoms with Gasteiger partial charge in [0, 0.05) is 41.3 Å². The normalized spacial score (nSPS) is 11.8. The number of hydrogen-bond donors (Lipinski definition) is 0. The first-order chi connectivity index (χ1) is 17.2. The first kappa shape index (κ1) is 25.4. The molecule has 0 fully saturated rings. The largest absolute Gasteiger partial charge is 0.332 e. The van der Waals surface area contributed by atoms with Crippen molar-refractivity contribution < 1.29 is 0 Å². The third-order valence-electron chi connectivity index (χ3n) is 6.98. The van der Waals surface area contributed by atoms with Gasteiger partial charge in [0.25, 0.3) is 11.1 Å². The van der Waals surface area contributed by atoms with E-state index in [1.54, 1.807) is 26.7 Å². The Balaban J connectivity index is 1.17. The van der Waals surface area contributed by atoms with Crippen LogP contribution in [0.3, 0.4) is 0 Å². The van der Waals surface area contributed by atoms with Crippen LogP contribution in [-0.4, -0.2) is 37.4 Å². The summed E-state index contributed by atoms with van der Waals surface area (Å²) >= 11 is 0. The SMILES string of the molecule is Cn1c(=O)c2c(ncn2CCCCCCCCCCn2cnc3c2c(=O)n(C)c(=O)n3C)n(C)c1=O. The van der Waals surface area contributed by atoms with Gasteiger partial charge in [-0.2, -0.15) is 0 Å². The fraction of sp³-hybridized carbons (Fsp3) is 0.583. The molecule has 0 saturated carbocycles. The van der Waals surface area contributed by atoms with E-state index in [4.69, 9.17) is 0 Å². The molecule has 12 nitrogen and oxygen atoms in total. The molecule has 4 aromatic heterocycles. The summed E-state index contributed by atoms with van der Waals surface area (Å²) in [5.74, 6) is 0. The zero-order chi connectivity index (χ0) is 26.0. The van der Waals surface area contributed by atoms with Gasteiger partial charge in [0.15, 0.2) is 22.3 Å². The topological polar surface area (TPSA) is 124 Å². The molecule has 36 heavy (non-hydrogen) atoms. The molecule has 0 saturated heterocycles. The Morgan fingerprint density at radius 3 is 1.22 bits per heavy atom. The van der Waals surface area contributed by atoms with Gasteiger partial charge in [-0.1, -0.05) is 38.5 Å². The number of fused-ring (bicyclic) bond motifs is 2. The van der Waals surface area contributed by atoms with E-state index in [2.05, 4.69) is 9.97 Å². The van der Waals surface area contributed by atoms with Crippen LogP contribution in [-0.2, 0) is 41.3 Å². The van der Waals surface area contributed by atoms with Crippen LogP contribution < -0.4 is 22.5 Å². The van der Waals surface area contributed by atoms with Gasteiger partial charge in [0.1, 0.15) is 0 Å². The Morgan fingerprint density at radius 1 is 0.528 bits per heavy atom. The maximum absolute atomic E-state index is 12.5. The molecular weight excluding hydrogens is 464 g/mol. The molecule has 0 amide bonds. The Morgan fingerprint density at radius 2 is 0.861 bits per heavy atom. The summed E-state index contributed by atoms with van der Waals surface area (Å²) in [5.41, 5.74) is 0.458. The average Bonchev–Trinajstić information content (AvgIpc) is 3.49. The van der Waals surface area contributed by atoms with E-state index >= 15 is 0 Å². The lowest BCUT2D eigenvalue weighted by molar-refractivity contribution is 0.529. The smallest absolute Gasteiger partial charge is 0.325 e. The summed E-state index contributed by atoms with van der Waals surface area (Å²) in [7, 11) is 6.24. The Kier molecular flexibility index (Phi) is 7.41. The first-order valence-corrected chi connectivity index (χ1v) is 12.5. The Bertz CT molecular complexity index is 1510. The molecule has 12 heteroatoms. The number of aromatic nitrogens is 8. The van der Waals surface area contributed by atoms with Gasteiger partial charge in [0.05, 0.1) is 12.7 Å². The monoisotopic (exact) mass is 498 g/mol. The van der Waals surface area contributed by atoms with Crippen molar-refractivity contribution in [1.29, 1.82) is 0 Å². The molecule has 4 rings (SSSR count). The predicted molar refractivity (Wildman–Crippen MR) is 137 cm³/mol. The van der Waals surface area contributed by atoms with Crippen molar-refractivity contribution in [3.63, 3.8) is 0 Å². The summed E-state index contributed by atoms with van der Waals surface area (Å²) in [6.07, 6.45) is 11.9. The van der Waals surface area contributed by atoms with Gasteiger partial charge in [-0.05, 0) is 12.8 Å². The highest BCUT2D eigenvalue weighted by molar-refractivity contribution is 5.70. The summed E-state index contributed by atoms with van der Waals surface area (Å²) in [6.45, 7) is 1.40. The molecule has 4 heterocycles. The van der Waals surface area contributed by atoms with Crippen molar-refractivity contribution in [2.24, 2.45) is 28.2 Å². The predicted octanol–water partition coefficient (Wildman–Crippen LogP) is 1.00. The minimum absolute atomic E-state index is 0.307. The second-order valence-corrected chi connectivity index (χ2v) is 9.46. The molecule has 0 aromatic carbocycles. The van der Waals surface area contributed by atoms with Crippen molar-refractivity contribution in [3.8, 4) is 0 Å². The van der Waals surface area contributed by atoms with E-state index in [9.17, 15) is 19.2 Å². The second-order valence-electron chi connectivity index (χ2n) is 9.46. The lowest BCUT2D eigenvalue weighted by Gasteiger charge is -2.07. The number of nitrogens with zero attached hydrogens (tertiary/aromatic N) is 8. The molecule has 0 radical (unpaired) electrons. The highest BCUT2D eigenvalue weighted by atomic mass is 16.2. The van der Waals surface area contributed by atoms with Crippen molar-refractivity contribution in [1.82, 2.24) is 37.4 Å². The molecule has 194 valence electrons. The van der Waals surface area contributed by atoms with E-state index in [1.807, 2.05) is 9.13 Å². The number of unbranched alkanes of at least 4 members (excludes halogenated alkanes) is 7. The minimum atomic E-state index is -0.368. The molecule has 0 aliphatic heterocycles. The lowest BCUT2D eigenvalue weighted by Crippen LogP contribution is -2.37. The molecule has 0 N–H and O–H groups in total. The van der Waals surface area contributed by atoms with Crippen LogP contribution in [0.1, 0.15) is 51.4 Å². The van der Waals surface area contributed by atoms with Crippen LogP contribution in [0, 0.1) is 0 Å². The molecule has 0 atom stereocenters. The fourth-order valence-corrected chi connectivity index (χ4v) is 4.76. The molecular formula is C24H34N8O4. The van der Waals surface area contributed by atoms with Crippen LogP contribution >= 0.6 is 0 Å². The maximum atomic E-state index is 12.5. The van der Waals surface area contributed by atoms with E-state index in [0.29, 0.717) is 35.4 Å². The second kappa shape index (κ2) is 10.5. The standard InChI is InChI=1S/C24H34N8O4/c1-27-19-17(21(33)29(3)23(27)35)31(15-25-19)13-11-9-7-5-6-8-10-12-14-32-16-26-20-18(32)22(34)30(4)24(36)28(20)2/h15-16H,5-14H2,1-4H3. The zero-order valence-corrected chi connectivity index (χ0v) is 21.4. The van der Waals surface area contributed by atoms with Gasteiger partial charge < -0.3 is 9.13 Å². The first-order valence-electron chi connectivity index (χ1n) is 12.5. The highest BCUT2D eigenvalue weighted by Crippen LogP contribution is 2.13. The average molecular weight is 499 g/mol. The minimum Gasteiger partial charge on any atom is -0.325 e. The van der Waals surface area contributed by atoms with Crippen molar-refractivity contribution in [3.05, 3.63) is 54.3 Å². The van der Waals surface area contributed by atoms with E-state index in [-0.39, 0.29) is 22.5 Å². The number of aryl methyl sites for hydroxylation is 4. The van der Waals surface area contributed by atoms with Crippen LogP contribution in [0.2, 0.25) is 0 Å². The maximum Gasteiger partial charge on any atom is 0.332 e. The van der Waals surface area contributed by atoms with Crippen LogP contribution in [0.25, 0.3) is 22.3 Å². The van der Waals surface area contributed by atoms with Gasteiger partial charge in [-0.15, -0.1) is 0 Å².